The van der Waals surface area contributed by atoms with E-state index in [4.69, 9.17) is 21.3 Å². The van der Waals surface area contributed by atoms with E-state index in [2.05, 4.69) is 4.98 Å². The van der Waals surface area contributed by atoms with Gasteiger partial charge in [0.1, 0.15) is 10.8 Å². The number of ether oxygens (including phenoxy) is 1. The second-order valence-electron chi connectivity index (χ2n) is 6.18. The molecule has 20 heavy (non-hydrogen) atoms. The third-order valence-electron chi connectivity index (χ3n) is 4.95. The van der Waals surface area contributed by atoms with Crippen molar-refractivity contribution in [2.24, 2.45) is 0 Å². The van der Waals surface area contributed by atoms with Crippen LogP contribution < -0.4 is 0 Å². The molecule has 2 aliphatic carbocycles. The van der Waals surface area contributed by atoms with E-state index in [1.807, 2.05) is 6.07 Å². The molecule has 0 aromatic carbocycles. The highest BCUT2D eigenvalue weighted by atomic mass is 35.5. The number of methoxy groups -OCH3 is 1. The molecule has 0 N–H and O–H groups in total. The number of rotatable bonds is 3. The van der Waals surface area contributed by atoms with Gasteiger partial charge in [-0.05, 0) is 31.7 Å². The van der Waals surface area contributed by atoms with Crippen molar-refractivity contribution in [2.45, 2.75) is 69.3 Å². The Hall–Kier alpha value is -0.670. The first-order valence-corrected chi connectivity index (χ1v) is 8.21. The van der Waals surface area contributed by atoms with Crippen molar-refractivity contribution in [2.75, 3.05) is 7.11 Å². The SMILES string of the molecule is COC1(c2nc(Cl)cc(C3CCCC3)n2)CCCCC1. The summed E-state index contributed by atoms with van der Waals surface area (Å²) in [6.45, 7) is 0. The van der Waals surface area contributed by atoms with Crippen molar-refractivity contribution in [3.63, 3.8) is 0 Å². The predicted molar refractivity (Wildman–Crippen MR) is 80.0 cm³/mol. The average Bonchev–Trinajstić information content (AvgIpc) is 3.01. The van der Waals surface area contributed by atoms with E-state index >= 15 is 0 Å². The van der Waals surface area contributed by atoms with Crippen LogP contribution in [-0.4, -0.2) is 17.1 Å². The summed E-state index contributed by atoms with van der Waals surface area (Å²) in [6, 6.07) is 1.95. The minimum atomic E-state index is -0.309. The van der Waals surface area contributed by atoms with Crippen LogP contribution in [0.2, 0.25) is 5.15 Å². The molecule has 0 spiro atoms. The van der Waals surface area contributed by atoms with Crippen molar-refractivity contribution in [1.29, 1.82) is 0 Å². The molecule has 2 aliphatic rings. The molecule has 110 valence electrons. The zero-order valence-corrected chi connectivity index (χ0v) is 13.0. The first-order valence-electron chi connectivity index (χ1n) is 7.84. The Bertz CT molecular complexity index is 466. The molecule has 0 saturated heterocycles. The predicted octanol–water partition coefficient (Wildman–Crippen LogP) is 4.59. The topological polar surface area (TPSA) is 35.0 Å². The molecule has 0 amide bonds. The van der Waals surface area contributed by atoms with Crippen molar-refractivity contribution >= 4 is 11.6 Å². The molecule has 3 nitrogen and oxygen atoms in total. The van der Waals surface area contributed by atoms with E-state index in [-0.39, 0.29) is 5.60 Å². The van der Waals surface area contributed by atoms with Gasteiger partial charge in [-0.3, -0.25) is 0 Å². The Morgan fingerprint density at radius 2 is 1.80 bits per heavy atom. The quantitative estimate of drug-likeness (QED) is 0.765. The Labute approximate surface area is 126 Å². The van der Waals surface area contributed by atoms with Gasteiger partial charge in [-0.15, -0.1) is 0 Å². The molecule has 1 heterocycles. The molecule has 0 unspecified atom stereocenters. The van der Waals surface area contributed by atoms with Crippen LogP contribution in [0.15, 0.2) is 6.07 Å². The minimum absolute atomic E-state index is 0.309. The number of hydrogen-bond acceptors (Lipinski definition) is 3. The van der Waals surface area contributed by atoms with Crippen LogP contribution in [0.25, 0.3) is 0 Å². The van der Waals surface area contributed by atoms with Gasteiger partial charge in [-0.1, -0.05) is 43.7 Å². The summed E-state index contributed by atoms with van der Waals surface area (Å²) in [7, 11) is 1.78. The second kappa shape index (κ2) is 5.98. The van der Waals surface area contributed by atoms with Gasteiger partial charge in [-0.2, -0.15) is 0 Å². The summed E-state index contributed by atoms with van der Waals surface area (Å²) in [5.74, 6) is 1.38. The maximum Gasteiger partial charge on any atom is 0.162 e. The molecule has 0 aliphatic heterocycles. The van der Waals surface area contributed by atoms with Gasteiger partial charge in [0.25, 0.3) is 0 Å². The number of nitrogens with zero attached hydrogens (tertiary/aromatic N) is 2. The van der Waals surface area contributed by atoms with E-state index in [1.54, 1.807) is 7.11 Å². The fraction of sp³-hybridized carbons (Fsp3) is 0.750. The van der Waals surface area contributed by atoms with Crippen molar-refractivity contribution < 1.29 is 4.74 Å². The van der Waals surface area contributed by atoms with E-state index in [0.717, 1.165) is 24.4 Å². The van der Waals surface area contributed by atoms with Crippen LogP contribution in [0.3, 0.4) is 0 Å². The third kappa shape index (κ3) is 2.71. The van der Waals surface area contributed by atoms with Gasteiger partial charge < -0.3 is 4.74 Å². The highest BCUT2D eigenvalue weighted by molar-refractivity contribution is 6.29. The number of halogens is 1. The van der Waals surface area contributed by atoms with E-state index in [9.17, 15) is 0 Å². The smallest absolute Gasteiger partial charge is 0.162 e. The van der Waals surface area contributed by atoms with Crippen molar-refractivity contribution in [1.82, 2.24) is 9.97 Å². The Balaban J connectivity index is 1.95. The molecule has 2 fully saturated rings. The molecule has 0 radical (unpaired) electrons. The van der Waals surface area contributed by atoms with Crippen molar-refractivity contribution in [3.8, 4) is 0 Å². The molecule has 2 saturated carbocycles. The second-order valence-corrected chi connectivity index (χ2v) is 6.57. The average molecular weight is 295 g/mol. The van der Waals surface area contributed by atoms with Crippen LogP contribution in [0, 0.1) is 0 Å². The summed E-state index contributed by atoms with van der Waals surface area (Å²) in [5.41, 5.74) is 0.816. The Kier molecular flexibility index (Phi) is 4.27. The molecule has 0 atom stereocenters. The fourth-order valence-corrected chi connectivity index (χ4v) is 3.90. The normalized spacial score (nSPS) is 23.1. The van der Waals surface area contributed by atoms with Crippen LogP contribution in [0.1, 0.15) is 75.2 Å². The first kappa shape index (κ1) is 14.3. The van der Waals surface area contributed by atoms with Crippen molar-refractivity contribution in [3.05, 3.63) is 22.7 Å². The standard InChI is InChI=1S/C16H23ClN2O/c1-20-16(9-5-2-6-10-16)15-18-13(11-14(17)19-15)12-7-3-4-8-12/h11-12H,2-10H2,1H3. The monoisotopic (exact) mass is 294 g/mol. The molecular weight excluding hydrogens is 272 g/mol. The highest BCUT2D eigenvalue weighted by Crippen LogP contribution is 2.40. The van der Waals surface area contributed by atoms with Gasteiger partial charge in [-0.25, -0.2) is 9.97 Å². The molecule has 1 aromatic rings. The molecule has 4 heteroatoms. The minimum Gasteiger partial charge on any atom is -0.370 e. The summed E-state index contributed by atoms with van der Waals surface area (Å²) in [5, 5.41) is 0.568. The maximum absolute atomic E-state index is 6.26. The zero-order valence-electron chi connectivity index (χ0n) is 12.2. The Morgan fingerprint density at radius 3 is 2.45 bits per heavy atom. The van der Waals surface area contributed by atoms with Crippen LogP contribution in [0.4, 0.5) is 0 Å². The first-order chi connectivity index (χ1) is 9.73. The van der Waals surface area contributed by atoms with E-state index in [0.29, 0.717) is 11.1 Å². The maximum atomic E-state index is 6.26. The zero-order chi connectivity index (χ0) is 14.0. The Morgan fingerprint density at radius 1 is 1.10 bits per heavy atom. The number of hydrogen-bond donors (Lipinski definition) is 0. The summed E-state index contributed by atoms with van der Waals surface area (Å²) >= 11 is 6.26. The number of aromatic nitrogens is 2. The lowest BCUT2D eigenvalue weighted by atomic mass is 9.83. The summed E-state index contributed by atoms with van der Waals surface area (Å²) in [6.07, 6.45) is 10.7. The lowest BCUT2D eigenvalue weighted by molar-refractivity contribution is -0.0516. The van der Waals surface area contributed by atoms with Gasteiger partial charge >= 0.3 is 0 Å². The molecule has 3 rings (SSSR count). The van der Waals surface area contributed by atoms with Gasteiger partial charge in [0, 0.05) is 18.7 Å². The van der Waals surface area contributed by atoms with Gasteiger partial charge in [0.05, 0.1) is 0 Å². The largest absolute Gasteiger partial charge is 0.370 e. The summed E-state index contributed by atoms with van der Waals surface area (Å²) in [4.78, 5) is 9.36. The summed E-state index contributed by atoms with van der Waals surface area (Å²) < 4.78 is 5.85. The molecule has 1 aromatic heterocycles. The van der Waals surface area contributed by atoms with Gasteiger partial charge in [0.2, 0.25) is 0 Å². The van der Waals surface area contributed by atoms with E-state index in [1.165, 1.54) is 44.9 Å². The van der Waals surface area contributed by atoms with Crippen LogP contribution >= 0.6 is 11.6 Å². The van der Waals surface area contributed by atoms with Gasteiger partial charge in [0.15, 0.2) is 5.82 Å². The lowest BCUT2D eigenvalue weighted by Crippen LogP contribution is -2.33. The van der Waals surface area contributed by atoms with Crippen LogP contribution in [0.5, 0.6) is 0 Å². The molecular formula is C16H23ClN2O. The highest BCUT2D eigenvalue weighted by Gasteiger charge is 2.37. The van der Waals surface area contributed by atoms with Crippen LogP contribution in [-0.2, 0) is 10.3 Å². The lowest BCUT2D eigenvalue weighted by Gasteiger charge is -2.34. The van der Waals surface area contributed by atoms with E-state index < -0.39 is 0 Å². The fourth-order valence-electron chi connectivity index (χ4n) is 3.71. The third-order valence-corrected chi connectivity index (χ3v) is 5.14. The molecule has 0 bridgehead atoms.